The highest BCUT2D eigenvalue weighted by Gasteiger charge is 2.51. The van der Waals surface area contributed by atoms with E-state index in [4.69, 9.17) is 37.7 Å². The lowest BCUT2D eigenvalue weighted by Gasteiger charge is -2.40. The lowest BCUT2D eigenvalue weighted by molar-refractivity contribution is -0.0587. The summed E-state index contributed by atoms with van der Waals surface area (Å²) in [6.07, 6.45) is 6.41. The summed E-state index contributed by atoms with van der Waals surface area (Å²) >= 11 is 13.1. The van der Waals surface area contributed by atoms with E-state index < -0.39 is 12.0 Å². The summed E-state index contributed by atoms with van der Waals surface area (Å²) in [4.78, 5) is 7.22. The molecule has 0 amide bonds. The zero-order valence-electron chi connectivity index (χ0n) is 29.0. The molecule has 51 heavy (non-hydrogen) atoms. The number of pyridine rings is 1. The number of ether oxygens (including phenoxy) is 2. The van der Waals surface area contributed by atoms with E-state index >= 15 is 4.39 Å². The summed E-state index contributed by atoms with van der Waals surface area (Å²) in [5, 5.41) is 27.4. The van der Waals surface area contributed by atoms with Crippen LogP contribution in [0.5, 0.6) is 0 Å². The van der Waals surface area contributed by atoms with Crippen molar-refractivity contribution < 1.29 is 19.0 Å². The number of hydrogen-bond donors (Lipinski definition) is 2. The molecule has 2 bridgehead atoms. The maximum Gasteiger partial charge on any atom is 0.157 e. The normalized spacial score (nSPS) is 29.4. The van der Waals surface area contributed by atoms with Crippen LogP contribution in [0, 0.1) is 41.8 Å². The monoisotopic (exact) mass is 731 g/mol. The van der Waals surface area contributed by atoms with Gasteiger partial charge in [-0.2, -0.15) is 5.26 Å². The Morgan fingerprint density at radius 1 is 1.14 bits per heavy atom. The first-order valence-electron chi connectivity index (χ1n) is 18.5. The molecule has 268 valence electrons. The molecule has 8 nitrogen and oxygen atoms in total. The smallest absolute Gasteiger partial charge is 0.157 e. The van der Waals surface area contributed by atoms with Crippen molar-refractivity contribution >= 4 is 45.0 Å². The number of aliphatic hydroxyl groups excluding tert-OH is 1. The Morgan fingerprint density at radius 3 is 2.67 bits per heavy atom. The molecular formula is C40H44Cl2FN5O3. The quantitative estimate of drug-likeness (QED) is 0.162. The first kappa shape index (κ1) is 34.0. The van der Waals surface area contributed by atoms with Gasteiger partial charge in [-0.1, -0.05) is 35.3 Å². The van der Waals surface area contributed by atoms with Crippen LogP contribution < -0.4 is 5.32 Å². The number of nitriles is 1. The second kappa shape index (κ2) is 13.2. The van der Waals surface area contributed by atoms with Crippen LogP contribution in [0.3, 0.4) is 0 Å². The van der Waals surface area contributed by atoms with Crippen molar-refractivity contribution in [2.45, 2.75) is 94.9 Å². The first-order chi connectivity index (χ1) is 24.7. The number of nitrogens with one attached hydrogen (secondary N) is 1. The van der Waals surface area contributed by atoms with Crippen LogP contribution in [0.4, 0.5) is 4.39 Å². The number of methoxy groups -OCH3 is 1. The van der Waals surface area contributed by atoms with Crippen LogP contribution in [0.25, 0.3) is 32.9 Å². The molecule has 6 aliphatic rings. The summed E-state index contributed by atoms with van der Waals surface area (Å²) in [6.45, 7) is 4.29. The average molecular weight is 733 g/mol. The fraction of sp³-hybridized carbons (Fsp3) is 0.550. The molecule has 0 spiro atoms. The molecule has 6 fully saturated rings. The van der Waals surface area contributed by atoms with Gasteiger partial charge in [-0.15, -0.1) is 0 Å². The van der Waals surface area contributed by atoms with Crippen molar-refractivity contribution in [3.63, 3.8) is 0 Å². The van der Waals surface area contributed by atoms with Crippen LogP contribution >= 0.6 is 23.2 Å². The van der Waals surface area contributed by atoms with Gasteiger partial charge >= 0.3 is 0 Å². The molecule has 3 saturated heterocycles. The summed E-state index contributed by atoms with van der Waals surface area (Å²) < 4.78 is 31.8. The maximum absolute atomic E-state index is 17.2. The third-order valence-corrected chi connectivity index (χ3v) is 13.4. The van der Waals surface area contributed by atoms with Crippen molar-refractivity contribution in [1.82, 2.24) is 19.8 Å². The van der Waals surface area contributed by atoms with Crippen molar-refractivity contribution in [1.29, 1.82) is 5.26 Å². The van der Waals surface area contributed by atoms with E-state index in [1.54, 1.807) is 25.3 Å². The van der Waals surface area contributed by atoms with Gasteiger partial charge < -0.3 is 24.5 Å². The number of likely N-dealkylation sites (tertiary alicyclic amines) is 1. The van der Waals surface area contributed by atoms with Gasteiger partial charge in [0.05, 0.1) is 52.5 Å². The topological polar surface area (TPSA) is 95.6 Å². The number of aromatic nitrogens is 2. The molecule has 3 aliphatic heterocycles. The molecule has 2 aromatic carbocycles. The van der Waals surface area contributed by atoms with Gasteiger partial charge in [0.25, 0.3) is 0 Å². The van der Waals surface area contributed by atoms with Gasteiger partial charge in [0.1, 0.15) is 11.7 Å². The van der Waals surface area contributed by atoms with E-state index in [0.717, 1.165) is 72.7 Å². The van der Waals surface area contributed by atoms with E-state index in [1.807, 2.05) is 13.0 Å². The van der Waals surface area contributed by atoms with Gasteiger partial charge in [0, 0.05) is 65.9 Å². The Morgan fingerprint density at radius 2 is 1.96 bits per heavy atom. The van der Waals surface area contributed by atoms with Crippen molar-refractivity contribution in [3.8, 4) is 17.2 Å². The number of nitrogens with zero attached hydrogens (tertiary/aromatic N) is 4. The predicted octanol–water partition coefficient (Wildman–Crippen LogP) is 7.89. The molecule has 11 heteroatoms. The highest BCUT2D eigenvalue weighted by atomic mass is 35.5. The van der Waals surface area contributed by atoms with E-state index in [1.165, 1.54) is 0 Å². The van der Waals surface area contributed by atoms with Crippen molar-refractivity contribution in [2.24, 2.45) is 17.8 Å². The summed E-state index contributed by atoms with van der Waals surface area (Å²) in [6, 6.07) is 12.2. The van der Waals surface area contributed by atoms with Crippen LogP contribution in [0.15, 0.2) is 30.3 Å². The predicted molar refractivity (Wildman–Crippen MR) is 196 cm³/mol. The van der Waals surface area contributed by atoms with E-state index in [2.05, 4.69) is 26.9 Å². The molecule has 3 aliphatic carbocycles. The Bertz CT molecular complexity index is 2040. The lowest BCUT2D eigenvalue weighted by atomic mass is 9.79. The summed E-state index contributed by atoms with van der Waals surface area (Å²) in [5.41, 5.74) is 4.69. The maximum atomic E-state index is 17.2. The number of fused-ring (bicyclic) bond motifs is 4. The molecule has 6 atom stereocenters. The fourth-order valence-corrected chi connectivity index (χ4v) is 9.96. The molecule has 5 heterocycles. The summed E-state index contributed by atoms with van der Waals surface area (Å²) in [7, 11) is 1.78. The number of hydrogen-bond acceptors (Lipinski definition) is 7. The number of benzene rings is 2. The Kier molecular flexibility index (Phi) is 8.83. The number of aryl methyl sites for hydroxylation is 2. The molecule has 0 radical (unpaired) electrons. The minimum absolute atomic E-state index is 0.00342. The third kappa shape index (κ3) is 5.69. The third-order valence-electron chi connectivity index (χ3n) is 12.6. The molecule has 10 rings (SSSR count). The highest BCUT2D eigenvalue weighted by Crippen LogP contribution is 2.52. The zero-order chi connectivity index (χ0) is 35.1. The second-order valence-corrected chi connectivity index (χ2v) is 16.4. The molecule has 1 unspecified atom stereocenters. The van der Waals surface area contributed by atoms with Crippen molar-refractivity contribution in [3.05, 3.63) is 63.1 Å². The molecule has 3 saturated carbocycles. The van der Waals surface area contributed by atoms with Gasteiger partial charge in [-0.3, -0.25) is 4.90 Å². The first-order valence-corrected chi connectivity index (χ1v) is 19.3. The van der Waals surface area contributed by atoms with Crippen molar-refractivity contribution in [2.75, 3.05) is 26.8 Å². The molecule has 2 aromatic heterocycles. The van der Waals surface area contributed by atoms with Crippen LogP contribution in [0.1, 0.15) is 74.0 Å². The van der Waals surface area contributed by atoms with Gasteiger partial charge in [0.2, 0.25) is 0 Å². The Balaban J connectivity index is 1.21. The van der Waals surface area contributed by atoms with Gasteiger partial charge in [-0.05, 0) is 93.4 Å². The SMILES string of the molecule is COC1CC(CO[C@H]2C[C@H](c3cc4c(C)nc5c(F)c(-c6cccc(Cl)c6Cl)c(CCC#N)cc5c4n3[C@H]3[C@H]4CN[C@@H]3C4)N(C(O)C3CC3)C2)C1. The minimum Gasteiger partial charge on any atom is -0.381 e. The Labute approximate surface area is 307 Å². The van der Waals surface area contributed by atoms with Gasteiger partial charge in [-0.25, -0.2) is 9.37 Å². The average Bonchev–Trinajstić information content (AvgIpc) is 3.40. The lowest BCUT2D eigenvalue weighted by Crippen LogP contribution is -2.42. The number of rotatable bonds is 11. The second-order valence-electron chi connectivity index (χ2n) is 15.6. The standard InChI is InChI=1S/C40H44Cl2FN5O3/c1-20-28-16-33(32-15-26(18-47(32)40(49)22-8-9-22)51-19-21-11-25(12-21)50-2)48(38-24-14-31(38)45-17-24)39(28)29-13-23(5-4-10-44)34(36(43)37(29)46-20)27-6-3-7-30(41)35(27)42/h3,6-7,13,16,21-22,24-26,31-32,38,40,45,49H,4-5,8-9,11-12,14-15,17-19H2,1-2H3/t21?,24-,25?,26+,31-,32-,38+,40?/m1/s1. The van der Waals surface area contributed by atoms with E-state index in [-0.39, 0.29) is 41.1 Å². The van der Waals surface area contributed by atoms with E-state index in [9.17, 15) is 10.4 Å². The largest absolute Gasteiger partial charge is 0.381 e. The minimum atomic E-state index is -0.538. The number of aliphatic hydroxyl groups is 1. The van der Waals surface area contributed by atoms with Gasteiger partial charge in [0.15, 0.2) is 5.82 Å². The van der Waals surface area contributed by atoms with Crippen LogP contribution in [-0.2, 0) is 15.9 Å². The Hall–Kier alpha value is -2.81. The molecule has 4 aromatic rings. The summed E-state index contributed by atoms with van der Waals surface area (Å²) in [5.74, 6) is 0.793. The molecular weight excluding hydrogens is 688 g/mol. The zero-order valence-corrected chi connectivity index (χ0v) is 30.6. The van der Waals surface area contributed by atoms with Crippen LogP contribution in [0.2, 0.25) is 10.0 Å². The highest BCUT2D eigenvalue weighted by molar-refractivity contribution is 6.43. The number of halogens is 3. The molecule has 2 N–H and O–H groups in total. The van der Waals surface area contributed by atoms with Crippen LogP contribution in [-0.4, -0.2) is 70.8 Å². The van der Waals surface area contributed by atoms with E-state index in [0.29, 0.717) is 65.3 Å². The fourth-order valence-electron chi connectivity index (χ4n) is 9.56.